The van der Waals surface area contributed by atoms with Gasteiger partial charge in [0.2, 0.25) is 5.91 Å². The molecule has 2 N–H and O–H groups in total. The summed E-state index contributed by atoms with van der Waals surface area (Å²) >= 11 is 1.77. The van der Waals surface area contributed by atoms with Gasteiger partial charge in [0.05, 0.1) is 17.9 Å². The van der Waals surface area contributed by atoms with Crippen LogP contribution in [0.25, 0.3) is 0 Å². The van der Waals surface area contributed by atoms with Gasteiger partial charge >= 0.3 is 0 Å². The normalized spacial score (nSPS) is 29.6. The van der Waals surface area contributed by atoms with E-state index in [1.165, 1.54) is 4.90 Å². The molecule has 0 radical (unpaired) electrons. The number of thioether (sulfide) groups is 1. The van der Waals surface area contributed by atoms with Crippen LogP contribution in [0.5, 0.6) is 0 Å². The van der Waals surface area contributed by atoms with Gasteiger partial charge in [-0.3, -0.25) is 4.79 Å². The van der Waals surface area contributed by atoms with Crippen molar-refractivity contribution in [3.63, 3.8) is 0 Å². The molecule has 0 saturated carbocycles. The molecule has 0 bridgehead atoms. The molecule has 0 spiro atoms. The van der Waals surface area contributed by atoms with Crippen LogP contribution in [0, 0.1) is 0 Å². The van der Waals surface area contributed by atoms with Crippen molar-refractivity contribution >= 4 is 23.4 Å². The van der Waals surface area contributed by atoms with Gasteiger partial charge in [-0.15, -0.1) is 11.8 Å². The number of benzene rings is 1. The van der Waals surface area contributed by atoms with Crippen molar-refractivity contribution in [1.82, 2.24) is 4.90 Å². The van der Waals surface area contributed by atoms with Crippen molar-refractivity contribution in [3.05, 3.63) is 24.3 Å². The number of carbonyl (C=O) groups excluding carboxylic acids is 1. The number of para-hydroxylation sites is 1. The van der Waals surface area contributed by atoms with Crippen LogP contribution >= 0.6 is 11.8 Å². The van der Waals surface area contributed by atoms with Crippen LogP contribution in [0.2, 0.25) is 0 Å². The first-order valence-corrected chi connectivity index (χ1v) is 7.95. The third-order valence-corrected chi connectivity index (χ3v) is 5.87. The number of hydrogen-bond acceptors (Lipinski definition) is 4. The summed E-state index contributed by atoms with van der Waals surface area (Å²) in [6.07, 6.45) is 1.29. The van der Waals surface area contributed by atoms with Gasteiger partial charge in [-0.25, -0.2) is 0 Å². The van der Waals surface area contributed by atoms with Gasteiger partial charge < -0.3 is 15.3 Å². The SMILES string of the molecule is CC[C@@H](CO)N1C(=O)C[C@@H]2Sc3ccccc3N[C@@]21C. The highest BCUT2D eigenvalue weighted by atomic mass is 32.2. The van der Waals surface area contributed by atoms with Gasteiger partial charge in [0, 0.05) is 17.0 Å². The summed E-state index contributed by atoms with van der Waals surface area (Å²) in [6.45, 7) is 4.09. The highest BCUT2D eigenvalue weighted by Gasteiger charge is 2.54. The Labute approximate surface area is 123 Å². The van der Waals surface area contributed by atoms with Gasteiger partial charge in [-0.1, -0.05) is 19.1 Å². The van der Waals surface area contributed by atoms with Gasteiger partial charge in [0.1, 0.15) is 5.66 Å². The predicted octanol–water partition coefficient (Wildman–Crippen LogP) is 2.29. The van der Waals surface area contributed by atoms with Crippen molar-refractivity contribution in [2.24, 2.45) is 0 Å². The van der Waals surface area contributed by atoms with Crippen molar-refractivity contribution in [1.29, 1.82) is 0 Å². The maximum atomic E-state index is 12.4. The van der Waals surface area contributed by atoms with E-state index in [9.17, 15) is 9.90 Å². The monoisotopic (exact) mass is 292 g/mol. The number of nitrogens with one attached hydrogen (secondary N) is 1. The molecule has 1 saturated heterocycles. The largest absolute Gasteiger partial charge is 0.394 e. The van der Waals surface area contributed by atoms with E-state index >= 15 is 0 Å². The lowest BCUT2D eigenvalue weighted by Gasteiger charge is -2.46. The number of rotatable bonds is 3. The lowest BCUT2D eigenvalue weighted by Crippen LogP contribution is -2.59. The summed E-state index contributed by atoms with van der Waals surface area (Å²) in [6, 6.07) is 8.04. The Morgan fingerprint density at radius 2 is 2.30 bits per heavy atom. The first kappa shape index (κ1) is 13.8. The summed E-state index contributed by atoms with van der Waals surface area (Å²) in [5.74, 6) is 0.131. The van der Waals surface area contributed by atoms with Gasteiger partial charge in [-0.2, -0.15) is 0 Å². The Balaban J connectivity index is 1.99. The van der Waals surface area contributed by atoms with E-state index in [1.54, 1.807) is 11.8 Å². The zero-order valence-corrected chi connectivity index (χ0v) is 12.6. The number of aliphatic hydroxyl groups excluding tert-OH is 1. The first-order valence-electron chi connectivity index (χ1n) is 7.07. The maximum absolute atomic E-state index is 12.4. The molecule has 0 aromatic heterocycles. The van der Waals surface area contributed by atoms with Crippen LogP contribution in [-0.2, 0) is 4.79 Å². The zero-order chi connectivity index (χ0) is 14.3. The number of likely N-dealkylation sites (tertiary alicyclic amines) is 1. The van der Waals surface area contributed by atoms with Crippen molar-refractivity contribution in [2.45, 2.75) is 48.5 Å². The molecule has 2 aliphatic rings. The summed E-state index contributed by atoms with van der Waals surface area (Å²) in [5, 5.41) is 13.3. The molecular weight excluding hydrogens is 272 g/mol. The van der Waals surface area contributed by atoms with Crippen molar-refractivity contribution < 1.29 is 9.90 Å². The van der Waals surface area contributed by atoms with Crippen LogP contribution in [0.4, 0.5) is 5.69 Å². The molecule has 1 aromatic carbocycles. The van der Waals surface area contributed by atoms with E-state index in [0.29, 0.717) is 6.42 Å². The Morgan fingerprint density at radius 3 is 3.00 bits per heavy atom. The highest BCUT2D eigenvalue weighted by molar-refractivity contribution is 8.00. The van der Waals surface area contributed by atoms with Crippen LogP contribution in [0.3, 0.4) is 0 Å². The van der Waals surface area contributed by atoms with Gasteiger partial charge in [0.25, 0.3) is 0 Å². The van der Waals surface area contributed by atoms with E-state index in [0.717, 1.165) is 12.1 Å². The topological polar surface area (TPSA) is 52.6 Å². The number of amides is 1. The molecule has 108 valence electrons. The van der Waals surface area contributed by atoms with Crippen LogP contribution in [0.1, 0.15) is 26.7 Å². The average molecular weight is 292 g/mol. The summed E-state index contributed by atoms with van der Waals surface area (Å²) in [4.78, 5) is 15.5. The molecule has 3 atom stereocenters. The molecule has 2 aliphatic heterocycles. The van der Waals surface area contributed by atoms with E-state index in [-0.39, 0.29) is 23.8 Å². The lowest BCUT2D eigenvalue weighted by molar-refractivity contribution is -0.134. The number of fused-ring (bicyclic) bond motifs is 2. The minimum absolute atomic E-state index is 0.0124. The first-order chi connectivity index (χ1) is 9.60. The second-order valence-electron chi connectivity index (χ2n) is 5.59. The molecule has 2 heterocycles. The smallest absolute Gasteiger partial charge is 0.226 e. The second kappa shape index (κ2) is 4.97. The van der Waals surface area contributed by atoms with E-state index in [1.807, 2.05) is 30.0 Å². The fourth-order valence-corrected chi connectivity index (χ4v) is 4.58. The van der Waals surface area contributed by atoms with E-state index in [4.69, 9.17) is 0 Å². The minimum atomic E-state index is -0.417. The third kappa shape index (κ3) is 1.91. The predicted molar refractivity (Wildman–Crippen MR) is 80.7 cm³/mol. The summed E-state index contributed by atoms with van der Waals surface area (Å²) in [5.41, 5.74) is 0.656. The van der Waals surface area contributed by atoms with Crippen LogP contribution < -0.4 is 5.32 Å². The fraction of sp³-hybridized carbons (Fsp3) is 0.533. The molecular formula is C15H20N2O2S. The molecule has 0 aliphatic carbocycles. The number of anilines is 1. The van der Waals surface area contributed by atoms with Gasteiger partial charge in [0.15, 0.2) is 0 Å². The minimum Gasteiger partial charge on any atom is -0.394 e. The molecule has 1 fully saturated rings. The third-order valence-electron chi connectivity index (χ3n) is 4.35. The summed E-state index contributed by atoms with van der Waals surface area (Å²) < 4.78 is 0. The Bertz CT molecular complexity index is 532. The van der Waals surface area contributed by atoms with E-state index < -0.39 is 5.66 Å². The average Bonchev–Trinajstić information content (AvgIpc) is 2.69. The molecule has 1 aromatic rings. The Kier molecular flexibility index (Phi) is 3.42. The van der Waals surface area contributed by atoms with Gasteiger partial charge in [-0.05, 0) is 25.5 Å². The number of aliphatic hydroxyl groups is 1. The Morgan fingerprint density at radius 1 is 1.55 bits per heavy atom. The molecule has 4 nitrogen and oxygen atoms in total. The molecule has 3 rings (SSSR count). The summed E-state index contributed by atoms with van der Waals surface area (Å²) in [7, 11) is 0. The van der Waals surface area contributed by atoms with E-state index in [2.05, 4.69) is 18.3 Å². The second-order valence-corrected chi connectivity index (χ2v) is 6.83. The number of hydrogen-bond donors (Lipinski definition) is 2. The van der Waals surface area contributed by atoms with Crippen LogP contribution in [-0.4, -0.2) is 39.5 Å². The van der Waals surface area contributed by atoms with Crippen molar-refractivity contribution in [3.8, 4) is 0 Å². The van der Waals surface area contributed by atoms with Crippen molar-refractivity contribution in [2.75, 3.05) is 11.9 Å². The molecule has 1 amide bonds. The maximum Gasteiger partial charge on any atom is 0.226 e. The number of carbonyl (C=O) groups is 1. The number of nitrogens with zero attached hydrogens (tertiary/aromatic N) is 1. The van der Waals surface area contributed by atoms with Crippen LogP contribution in [0.15, 0.2) is 29.2 Å². The highest BCUT2D eigenvalue weighted by Crippen LogP contribution is 2.49. The molecule has 0 unspecified atom stereocenters. The lowest BCUT2D eigenvalue weighted by atomic mass is 10.1. The quantitative estimate of drug-likeness (QED) is 0.897. The fourth-order valence-electron chi connectivity index (χ4n) is 3.24. The molecule has 5 heteroatoms. The standard InChI is InChI=1S/C15H20N2O2S/c1-3-10(9-18)17-14(19)8-13-15(17,2)16-11-6-4-5-7-12(11)20-13/h4-7,10,13,16,18H,3,8-9H2,1-2H3/t10-,13-,15+/m0/s1. The molecule has 20 heavy (non-hydrogen) atoms. The Hall–Kier alpha value is -1.20. The zero-order valence-electron chi connectivity index (χ0n) is 11.8.